The Labute approximate surface area is 113 Å². The Bertz CT molecular complexity index is 436. The third-order valence-electron chi connectivity index (χ3n) is 3.29. The first-order valence-electron chi connectivity index (χ1n) is 5.90. The lowest BCUT2D eigenvalue weighted by Gasteiger charge is -2.38. The van der Waals surface area contributed by atoms with Crippen LogP contribution in [0.2, 0.25) is 5.02 Å². The Morgan fingerprint density at radius 1 is 1.28 bits per heavy atom. The van der Waals surface area contributed by atoms with Crippen LogP contribution in [0.4, 0.5) is 0 Å². The molecule has 0 saturated carbocycles. The van der Waals surface area contributed by atoms with E-state index in [2.05, 4.69) is 5.32 Å². The van der Waals surface area contributed by atoms with Crippen molar-refractivity contribution in [2.45, 2.75) is 45.3 Å². The highest BCUT2D eigenvalue weighted by Crippen LogP contribution is 2.21. The molecule has 0 aliphatic heterocycles. The van der Waals surface area contributed by atoms with Crippen LogP contribution in [-0.4, -0.2) is 22.2 Å². The van der Waals surface area contributed by atoms with Crippen LogP contribution in [0.15, 0.2) is 24.3 Å². The summed E-state index contributed by atoms with van der Waals surface area (Å²) in [5, 5.41) is 13.4. The van der Waals surface area contributed by atoms with Crippen molar-refractivity contribution in [1.29, 1.82) is 0 Å². The van der Waals surface area contributed by atoms with Gasteiger partial charge in [-0.2, -0.15) is 0 Å². The van der Waals surface area contributed by atoms with Gasteiger partial charge in [0.1, 0.15) is 0 Å². The van der Waals surface area contributed by atoms with E-state index in [1.54, 1.807) is 33.8 Å². The number of hydrogen-bond donors (Lipinski definition) is 2. The van der Waals surface area contributed by atoms with Crippen molar-refractivity contribution in [2.75, 3.05) is 0 Å². The normalized spacial score (nSPS) is 12.3. The lowest BCUT2D eigenvalue weighted by atomic mass is 9.86. The van der Waals surface area contributed by atoms with E-state index in [1.807, 2.05) is 18.2 Å². The summed E-state index contributed by atoms with van der Waals surface area (Å²) in [5.74, 6) is -0.157. The van der Waals surface area contributed by atoms with Gasteiger partial charge in [-0.1, -0.05) is 29.8 Å². The summed E-state index contributed by atoms with van der Waals surface area (Å²) in [4.78, 5) is 11.9. The lowest BCUT2D eigenvalue weighted by molar-refractivity contribution is -0.125. The number of carbonyl (C=O) groups is 1. The topological polar surface area (TPSA) is 49.3 Å². The van der Waals surface area contributed by atoms with E-state index in [0.717, 1.165) is 5.56 Å². The van der Waals surface area contributed by atoms with Gasteiger partial charge in [-0.15, -0.1) is 0 Å². The van der Waals surface area contributed by atoms with Crippen LogP contribution in [0.1, 0.15) is 33.3 Å². The molecular weight excluding hydrogens is 250 g/mol. The average molecular weight is 270 g/mol. The maximum absolute atomic E-state index is 11.9. The summed E-state index contributed by atoms with van der Waals surface area (Å²) in [6.07, 6.45) is 0.208. The molecule has 1 amide bonds. The van der Waals surface area contributed by atoms with Gasteiger partial charge in [-0.25, -0.2) is 0 Å². The van der Waals surface area contributed by atoms with Gasteiger partial charge in [0, 0.05) is 5.02 Å². The molecule has 0 bridgehead atoms. The van der Waals surface area contributed by atoms with Crippen molar-refractivity contribution in [3.63, 3.8) is 0 Å². The van der Waals surface area contributed by atoms with Gasteiger partial charge >= 0.3 is 0 Å². The maximum atomic E-state index is 11.9. The zero-order valence-electron chi connectivity index (χ0n) is 11.2. The summed E-state index contributed by atoms with van der Waals surface area (Å²) in [5.41, 5.74) is -0.919. The Hall–Kier alpha value is -1.06. The van der Waals surface area contributed by atoms with Crippen molar-refractivity contribution < 1.29 is 9.90 Å². The van der Waals surface area contributed by atoms with E-state index in [1.165, 1.54) is 0 Å². The van der Waals surface area contributed by atoms with Gasteiger partial charge in [0.2, 0.25) is 5.91 Å². The molecule has 4 heteroatoms. The molecule has 0 unspecified atom stereocenters. The maximum Gasteiger partial charge on any atom is 0.224 e. The first-order valence-corrected chi connectivity index (χ1v) is 6.28. The van der Waals surface area contributed by atoms with Crippen molar-refractivity contribution >= 4 is 17.5 Å². The first kappa shape index (κ1) is 15.0. The fourth-order valence-electron chi connectivity index (χ4n) is 1.36. The van der Waals surface area contributed by atoms with Crippen molar-refractivity contribution in [3.8, 4) is 0 Å². The molecular formula is C14H20ClNO2. The predicted octanol–water partition coefficient (Wildman–Crippen LogP) is 2.55. The SMILES string of the molecule is CC(C)(O)C(C)(C)NC(=O)Cc1ccccc1Cl. The third-order valence-corrected chi connectivity index (χ3v) is 3.66. The molecule has 0 fully saturated rings. The minimum Gasteiger partial charge on any atom is -0.388 e. The van der Waals surface area contributed by atoms with Crippen molar-refractivity contribution in [3.05, 3.63) is 34.9 Å². The lowest BCUT2D eigenvalue weighted by Crippen LogP contribution is -2.58. The third kappa shape index (κ3) is 3.72. The summed E-state index contributed by atoms with van der Waals surface area (Å²) in [7, 11) is 0. The van der Waals surface area contributed by atoms with Gasteiger partial charge < -0.3 is 10.4 Å². The van der Waals surface area contributed by atoms with E-state index in [0.29, 0.717) is 5.02 Å². The smallest absolute Gasteiger partial charge is 0.224 e. The summed E-state index contributed by atoms with van der Waals surface area (Å²) >= 11 is 6.00. The minimum absolute atomic E-state index is 0.157. The molecule has 0 aliphatic rings. The number of nitrogens with one attached hydrogen (secondary N) is 1. The second-order valence-corrected chi connectivity index (χ2v) is 5.91. The van der Waals surface area contributed by atoms with E-state index >= 15 is 0 Å². The van der Waals surface area contributed by atoms with Crippen LogP contribution < -0.4 is 5.32 Å². The number of hydrogen-bond acceptors (Lipinski definition) is 2. The van der Waals surface area contributed by atoms with Gasteiger partial charge in [0.15, 0.2) is 0 Å². The molecule has 0 aliphatic carbocycles. The molecule has 0 aromatic heterocycles. The molecule has 3 nitrogen and oxygen atoms in total. The Morgan fingerprint density at radius 3 is 2.33 bits per heavy atom. The zero-order chi connectivity index (χ0) is 14.0. The molecule has 18 heavy (non-hydrogen) atoms. The van der Waals surface area contributed by atoms with Crippen LogP contribution in [0.25, 0.3) is 0 Å². The van der Waals surface area contributed by atoms with Crippen LogP contribution >= 0.6 is 11.6 Å². The van der Waals surface area contributed by atoms with Gasteiger partial charge in [-0.3, -0.25) is 4.79 Å². The van der Waals surface area contributed by atoms with Gasteiger partial charge in [0.25, 0.3) is 0 Å². The molecule has 1 aromatic carbocycles. The fraction of sp³-hybridized carbons (Fsp3) is 0.500. The van der Waals surface area contributed by atoms with Crippen LogP contribution in [0.5, 0.6) is 0 Å². The second-order valence-electron chi connectivity index (χ2n) is 5.50. The molecule has 0 radical (unpaired) electrons. The second kappa shape index (κ2) is 5.29. The van der Waals surface area contributed by atoms with Gasteiger partial charge in [-0.05, 0) is 39.3 Å². The Morgan fingerprint density at radius 2 is 1.83 bits per heavy atom. The fourth-order valence-corrected chi connectivity index (χ4v) is 1.56. The van der Waals surface area contributed by atoms with E-state index in [-0.39, 0.29) is 12.3 Å². The van der Waals surface area contributed by atoms with Crippen LogP contribution in [0.3, 0.4) is 0 Å². The Balaban J connectivity index is 2.72. The van der Waals surface area contributed by atoms with Crippen LogP contribution in [-0.2, 0) is 11.2 Å². The van der Waals surface area contributed by atoms with E-state index in [4.69, 9.17) is 11.6 Å². The minimum atomic E-state index is -0.997. The van der Waals surface area contributed by atoms with Gasteiger partial charge in [0.05, 0.1) is 17.6 Å². The number of carbonyl (C=O) groups excluding carboxylic acids is 1. The van der Waals surface area contributed by atoms with E-state index in [9.17, 15) is 9.90 Å². The summed E-state index contributed by atoms with van der Waals surface area (Å²) in [6.45, 7) is 6.92. The van der Waals surface area contributed by atoms with Crippen molar-refractivity contribution in [2.24, 2.45) is 0 Å². The monoisotopic (exact) mass is 269 g/mol. The average Bonchev–Trinajstić information content (AvgIpc) is 2.19. The molecule has 1 aromatic rings. The molecule has 100 valence electrons. The standard InChI is InChI=1S/C14H20ClNO2/c1-13(2,14(3,4)18)16-12(17)9-10-7-5-6-8-11(10)15/h5-8,18H,9H2,1-4H3,(H,16,17). The highest BCUT2D eigenvalue weighted by atomic mass is 35.5. The molecule has 0 heterocycles. The van der Waals surface area contributed by atoms with E-state index < -0.39 is 11.1 Å². The summed E-state index contributed by atoms with van der Waals surface area (Å²) in [6, 6.07) is 7.24. The number of aliphatic hydroxyl groups is 1. The highest BCUT2D eigenvalue weighted by Gasteiger charge is 2.36. The molecule has 2 N–H and O–H groups in total. The zero-order valence-corrected chi connectivity index (χ0v) is 12.0. The highest BCUT2D eigenvalue weighted by molar-refractivity contribution is 6.31. The quantitative estimate of drug-likeness (QED) is 0.883. The molecule has 0 atom stereocenters. The van der Waals surface area contributed by atoms with Crippen molar-refractivity contribution in [1.82, 2.24) is 5.32 Å². The number of rotatable bonds is 4. The first-order chi connectivity index (χ1) is 8.13. The largest absolute Gasteiger partial charge is 0.388 e. The summed E-state index contributed by atoms with van der Waals surface area (Å²) < 4.78 is 0. The van der Waals surface area contributed by atoms with Crippen LogP contribution in [0, 0.1) is 0 Å². The number of benzene rings is 1. The number of halogens is 1. The molecule has 1 rings (SSSR count). The predicted molar refractivity (Wildman–Crippen MR) is 73.7 cm³/mol. The number of amides is 1. The molecule has 0 spiro atoms. The molecule has 0 saturated heterocycles. The Kier molecular flexibility index (Phi) is 4.41.